The van der Waals surface area contributed by atoms with E-state index in [1.165, 1.54) is 6.07 Å². The van der Waals surface area contributed by atoms with E-state index in [1.807, 2.05) is 0 Å². The number of anilines is 1. The Bertz CT molecular complexity index is 557. The quantitative estimate of drug-likeness (QED) is 0.863. The SMILES string of the molecule is CC1(C)C(=O)NCCN1c1nc(C(F)(F)F)ccc1CN. The molecule has 1 aliphatic rings. The largest absolute Gasteiger partial charge is 0.433 e. The van der Waals surface area contributed by atoms with E-state index in [0.29, 0.717) is 18.7 Å². The Balaban J connectivity index is 2.53. The number of aromatic nitrogens is 1. The molecule has 1 amide bonds. The molecule has 0 saturated carbocycles. The van der Waals surface area contributed by atoms with Crippen molar-refractivity contribution in [2.24, 2.45) is 5.73 Å². The summed E-state index contributed by atoms with van der Waals surface area (Å²) in [4.78, 5) is 17.2. The molecule has 21 heavy (non-hydrogen) atoms. The molecule has 0 aromatic carbocycles. The number of piperazine rings is 1. The van der Waals surface area contributed by atoms with Crippen LogP contribution in [0.1, 0.15) is 25.1 Å². The van der Waals surface area contributed by atoms with Crippen LogP contribution in [-0.2, 0) is 17.5 Å². The van der Waals surface area contributed by atoms with E-state index >= 15 is 0 Å². The summed E-state index contributed by atoms with van der Waals surface area (Å²) in [6.45, 7) is 4.06. The molecule has 5 nitrogen and oxygen atoms in total. The molecule has 0 atom stereocenters. The maximum atomic E-state index is 12.8. The highest BCUT2D eigenvalue weighted by Gasteiger charge is 2.40. The Kier molecular flexibility index (Phi) is 3.83. The number of nitrogens with two attached hydrogens (primary N) is 1. The first-order valence-electron chi connectivity index (χ1n) is 6.51. The molecule has 8 heteroatoms. The van der Waals surface area contributed by atoms with Crippen LogP contribution in [0.25, 0.3) is 0 Å². The molecule has 1 saturated heterocycles. The van der Waals surface area contributed by atoms with Crippen molar-refractivity contribution in [2.45, 2.75) is 32.1 Å². The molecular formula is C13H17F3N4O. The minimum absolute atomic E-state index is 0.0503. The normalized spacial score (nSPS) is 18.6. The Hall–Kier alpha value is -1.83. The summed E-state index contributed by atoms with van der Waals surface area (Å²) in [6, 6.07) is 2.22. The van der Waals surface area contributed by atoms with E-state index in [1.54, 1.807) is 18.7 Å². The first kappa shape index (κ1) is 15.6. The fraction of sp³-hybridized carbons (Fsp3) is 0.538. The zero-order valence-corrected chi connectivity index (χ0v) is 11.8. The molecule has 1 aromatic heterocycles. The molecule has 1 aliphatic heterocycles. The minimum atomic E-state index is -4.54. The van der Waals surface area contributed by atoms with Gasteiger partial charge in [0.2, 0.25) is 5.91 Å². The number of halogens is 3. The zero-order chi connectivity index (χ0) is 15.8. The standard InChI is InChI=1S/C13H17F3N4O/c1-12(2)11(21)18-5-6-20(12)10-8(7-17)3-4-9(19-10)13(14,15)16/h3-4H,5-7,17H2,1-2H3,(H,18,21). The number of nitrogens with zero attached hydrogens (tertiary/aromatic N) is 2. The second-order valence-corrected chi connectivity index (χ2v) is 5.35. The Morgan fingerprint density at radius 2 is 2.10 bits per heavy atom. The van der Waals surface area contributed by atoms with E-state index in [9.17, 15) is 18.0 Å². The summed E-state index contributed by atoms with van der Waals surface area (Å²) in [6.07, 6.45) is -4.54. The fourth-order valence-electron chi connectivity index (χ4n) is 2.30. The lowest BCUT2D eigenvalue weighted by Crippen LogP contribution is -2.62. The van der Waals surface area contributed by atoms with Crippen LogP contribution in [0.3, 0.4) is 0 Å². The highest BCUT2D eigenvalue weighted by molar-refractivity contribution is 5.90. The molecule has 0 aliphatic carbocycles. The van der Waals surface area contributed by atoms with Crippen LogP contribution < -0.4 is 16.0 Å². The summed E-state index contributed by atoms with van der Waals surface area (Å²) in [5.41, 5.74) is 4.09. The minimum Gasteiger partial charge on any atom is -0.352 e. The summed E-state index contributed by atoms with van der Waals surface area (Å²) in [7, 11) is 0. The van der Waals surface area contributed by atoms with Gasteiger partial charge in [-0.3, -0.25) is 4.79 Å². The second kappa shape index (κ2) is 5.18. The summed E-state index contributed by atoms with van der Waals surface area (Å²) in [5, 5.41) is 2.69. The fourth-order valence-corrected chi connectivity index (χ4v) is 2.30. The van der Waals surface area contributed by atoms with Crippen molar-refractivity contribution in [1.29, 1.82) is 0 Å². The number of pyridine rings is 1. The van der Waals surface area contributed by atoms with Crippen molar-refractivity contribution in [2.75, 3.05) is 18.0 Å². The Morgan fingerprint density at radius 3 is 2.67 bits per heavy atom. The molecule has 0 spiro atoms. The number of rotatable bonds is 2. The van der Waals surface area contributed by atoms with Crippen LogP contribution in [-0.4, -0.2) is 29.5 Å². The number of alkyl halides is 3. The Labute approximate surface area is 120 Å². The number of amides is 1. The lowest BCUT2D eigenvalue weighted by molar-refractivity contribution is -0.141. The van der Waals surface area contributed by atoms with Gasteiger partial charge in [-0.1, -0.05) is 6.07 Å². The van der Waals surface area contributed by atoms with E-state index in [4.69, 9.17) is 5.73 Å². The number of carbonyl (C=O) groups is 1. The molecular weight excluding hydrogens is 285 g/mol. The van der Waals surface area contributed by atoms with Crippen LogP contribution in [0.2, 0.25) is 0 Å². The molecule has 2 heterocycles. The third-order valence-electron chi connectivity index (χ3n) is 3.57. The van der Waals surface area contributed by atoms with Crippen molar-refractivity contribution in [3.05, 3.63) is 23.4 Å². The monoisotopic (exact) mass is 302 g/mol. The average molecular weight is 302 g/mol. The summed E-state index contributed by atoms with van der Waals surface area (Å²) >= 11 is 0. The van der Waals surface area contributed by atoms with Crippen molar-refractivity contribution in [3.63, 3.8) is 0 Å². The van der Waals surface area contributed by atoms with Crippen LogP contribution in [0.5, 0.6) is 0 Å². The maximum absolute atomic E-state index is 12.8. The summed E-state index contributed by atoms with van der Waals surface area (Å²) < 4.78 is 38.5. The van der Waals surface area contributed by atoms with Crippen LogP contribution in [0.4, 0.5) is 19.0 Å². The van der Waals surface area contributed by atoms with Crippen LogP contribution in [0.15, 0.2) is 12.1 Å². The van der Waals surface area contributed by atoms with Gasteiger partial charge in [0.05, 0.1) is 0 Å². The summed E-state index contributed by atoms with van der Waals surface area (Å²) in [5.74, 6) is -0.136. The molecule has 3 N–H and O–H groups in total. The van der Waals surface area contributed by atoms with Gasteiger partial charge in [0.1, 0.15) is 17.1 Å². The highest BCUT2D eigenvalue weighted by Crippen LogP contribution is 2.33. The molecule has 0 bridgehead atoms. The lowest BCUT2D eigenvalue weighted by Gasteiger charge is -2.42. The van der Waals surface area contributed by atoms with Crippen molar-refractivity contribution in [1.82, 2.24) is 10.3 Å². The maximum Gasteiger partial charge on any atom is 0.433 e. The first-order chi connectivity index (χ1) is 9.67. The third-order valence-corrected chi connectivity index (χ3v) is 3.57. The van der Waals surface area contributed by atoms with Gasteiger partial charge in [0, 0.05) is 25.2 Å². The van der Waals surface area contributed by atoms with Crippen molar-refractivity contribution in [3.8, 4) is 0 Å². The number of hydrogen-bond donors (Lipinski definition) is 2. The van der Waals surface area contributed by atoms with Gasteiger partial charge in [0.25, 0.3) is 0 Å². The molecule has 0 unspecified atom stereocenters. The predicted molar refractivity (Wildman–Crippen MR) is 71.6 cm³/mol. The molecule has 116 valence electrons. The van der Waals surface area contributed by atoms with E-state index in [2.05, 4.69) is 10.3 Å². The van der Waals surface area contributed by atoms with Crippen molar-refractivity contribution < 1.29 is 18.0 Å². The van der Waals surface area contributed by atoms with Gasteiger partial charge in [-0.05, 0) is 19.9 Å². The van der Waals surface area contributed by atoms with Gasteiger partial charge in [-0.25, -0.2) is 4.98 Å². The number of hydrogen-bond acceptors (Lipinski definition) is 4. The predicted octanol–water partition coefficient (Wildman–Crippen LogP) is 1.27. The van der Waals surface area contributed by atoms with Gasteiger partial charge in [0.15, 0.2) is 0 Å². The second-order valence-electron chi connectivity index (χ2n) is 5.35. The van der Waals surface area contributed by atoms with Crippen molar-refractivity contribution >= 4 is 11.7 Å². The third kappa shape index (κ3) is 2.80. The van der Waals surface area contributed by atoms with Gasteiger partial charge >= 0.3 is 6.18 Å². The number of carbonyl (C=O) groups excluding carboxylic acids is 1. The van der Waals surface area contributed by atoms with Gasteiger partial charge in [-0.15, -0.1) is 0 Å². The number of nitrogens with one attached hydrogen (secondary N) is 1. The average Bonchev–Trinajstić information content (AvgIpc) is 2.40. The lowest BCUT2D eigenvalue weighted by atomic mass is 9.98. The van der Waals surface area contributed by atoms with Crippen LogP contribution >= 0.6 is 0 Å². The van der Waals surface area contributed by atoms with E-state index in [-0.39, 0.29) is 18.3 Å². The molecule has 0 radical (unpaired) electrons. The topological polar surface area (TPSA) is 71.2 Å². The van der Waals surface area contributed by atoms with Gasteiger partial charge < -0.3 is 16.0 Å². The molecule has 1 aromatic rings. The van der Waals surface area contributed by atoms with E-state index < -0.39 is 17.4 Å². The molecule has 2 rings (SSSR count). The highest BCUT2D eigenvalue weighted by atomic mass is 19.4. The Morgan fingerprint density at radius 1 is 1.43 bits per heavy atom. The van der Waals surface area contributed by atoms with Gasteiger partial charge in [-0.2, -0.15) is 13.2 Å². The first-order valence-corrected chi connectivity index (χ1v) is 6.51. The van der Waals surface area contributed by atoms with Crippen LogP contribution in [0, 0.1) is 0 Å². The smallest absolute Gasteiger partial charge is 0.352 e. The molecule has 1 fully saturated rings. The van der Waals surface area contributed by atoms with E-state index in [0.717, 1.165) is 6.07 Å². The zero-order valence-electron chi connectivity index (χ0n) is 11.8.